The van der Waals surface area contributed by atoms with Crippen LogP contribution in [0.15, 0.2) is 54.6 Å². The van der Waals surface area contributed by atoms with Gasteiger partial charge in [0.25, 0.3) is 5.91 Å². The summed E-state index contributed by atoms with van der Waals surface area (Å²) in [5.74, 6) is -0.411. The van der Waals surface area contributed by atoms with Crippen molar-refractivity contribution in [2.24, 2.45) is 0 Å². The van der Waals surface area contributed by atoms with Crippen molar-refractivity contribution in [2.75, 3.05) is 0 Å². The van der Waals surface area contributed by atoms with Gasteiger partial charge < -0.3 is 5.32 Å². The summed E-state index contributed by atoms with van der Waals surface area (Å²) >= 11 is 0. The number of nitrogens with one attached hydrogen (secondary N) is 1. The molecule has 1 fully saturated rings. The first-order valence-corrected chi connectivity index (χ1v) is 9.84. The monoisotopic (exact) mass is 377 g/mol. The van der Waals surface area contributed by atoms with Crippen LogP contribution >= 0.6 is 0 Å². The van der Waals surface area contributed by atoms with E-state index in [0.29, 0.717) is 11.4 Å². The first kappa shape index (κ1) is 18.4. The number of aromatic nitrogens is 2. The minimum atomic E-state index is -0.294. The van der Waals surface area contributed by atoms with Gasteiger partial charge in [-0.15, -0.1) is 0 Å². The van der Waals surface area contributed by atoms with Gasteiger partial charge in [0, 0.05) is 11.6 Å². The van der Waals surface area contributed by atoms with E-state index in [9.17, 15) is 9.18 Å². The van der Waals surface area contributed by atoms with Crippen LogP contribution in [0.2, 0.25) is 0 Å². The van der Waals surface area contributed by atoms with Crippen LogP contribution in [0.4, 0.5) is 4.39 Å². The fourth-order valence-electron chi connectivity index (χ4n) is 3.77. The summed E-state index contributed by atoms with van der Waals surface area (Å²) in [6, 6.07) is 16.1. The normalized spacial score (nSPS) is 14.8. The lowest BCUT2D eigenvalue weighted by molar-refractivity contribution is 0.0920. The Morgan fingerprint density at radius 2 is 1.82 bits per heavy atom. The van der Waals surface area contributed by atoms with Gasteiger partial charge in [0.1, 0.15) is 11.5 Å². The molecule has 4 rings (SSSR count). The van der Waals surface area contributed by atoms with E-state index in [0.717, 1.165) is 42.5 Å². The standard InChI is InChI=1S/C23H24FN3O/c1-16-6-5-9-20(14-16)27-22(23(28)25-19-7-3-2-4-8-19)15-21(26-27)17-10-12-18(24)13-11-17/h5-6,9-15,19H,2-4,7-8H2,1H3,(H,25,28). The second-order valence-electron chi connectivity index (χ2n) is 7.48. The summed E-state index contributed by atoms with van der Waals surface area (Å²) in [4.78, 5) is 13.1. The SMILES string of the molecule is Cc1cccc(-n2nc(-c3ccc(F)cc3)cc2C(=O)NC2CCCCC2)c1. The smallest absolute Gasteiger partial charge is 0.270 e. The second kappa shape index (κ2) is 7.97. The van der Waals surface area contributed by atoms with E-state index < -0.39 is 0 Å². The molecule has 144 valence electrons. The molecule has 1 amide bonds. The summed E-state index contributed by atoms with van der Waals surface area (Å²) in [6.45, 7) is 2.01. The van der Waals surface area contributed by atoms with Gasteiger partial charge >= 0.3 is 0 Å². The fraction of sp³-hybridized carbons (Fsp3) is 0.304. The highest BCUT2D eigenvalue weighted by Crippen LogP contribution is 2.24. The molecule has 0 radical (unpaired) electrons. The highest BCUT2D eigenvalue weighted by molar-refractivity contribution is 5.94. The summed E-state index contributed by atoms with van der Waals surface area (Å²) < 4.78 is 15.0. The quantitative estimate of drug-likeness (QED) is 0.692. The highest BCUT2D eigenvalue weighted by atomic mass is 19.1. The van der Waals surface area contributed by atoms with Crippen LogP contribution in [-0.2, 0) is 0 Å². The molecule has 4 nitrogen and oxygen atoms in total. The van der Waals surface area contributed by atoms with Crippen LogP contribution in [0.25, 0.3) is 16.9 Å². The molecule has 1 aliphatic carbocycles. The number of hydrogen-bond acceptors (Lipinski definition) is 2. The Morgan fingerprint density at radius 3 is 2.54 bits per heavy atom. The van der Waals surface area contributed by atoms with Crippen LogP contribution in [0, 0.1) is 12.7 Å². The Bertz CT molecular complexity index is 972. The van der Waals surface area contributed by atoms with Crippen molar-refractivity contribution >= 4 is 5.91 Å². The van der Waals surface area contributed by atoms with Gasteiger partial charge in [0.15, 0.2) is 0 Å². The Balaban J connectivity index is 1.72. The van der Waals surface area contributed by atoms with E-state index in [1.165, 1.54) is 18.6 Å². The molecule has 1 N–H and O–H groups in total. The Morgan fingerprint density at radius 1 is 1.07 bits per heavy atom. The Kier molecular flexibility index (Phi) is 5.24. The Labute approximate surface area is 164 Å². The zero-order valence-electron chi connectivity index (χ0n) is 16.0. The van der Waals surface area contributed by atoms with Crippen LogP contribution in [-0.4, -0.2) is 21.7 Å². The lowest BCUT2D eigenvalue weighted by atomic mass is 9.95. The van der Waals surface area contributed by atoms with Gasteiger partial charge in [-0.3, -0.25) is 4.79 Å². The first-order chi connectivity index (χ1) is 13.6. The minimum Gasteiger partial charge on any atom is -0.348 e. The molecule has 0 bridgehead atoms. The molecule has 1 saturated carbocycles. The van der Waals surface area contributed by atoms with Crippen LogP contribution < -0.4 is 5.32 Å². The van der Waals surface area contributed by atoms with Crippen LogP contribution in [0.5, 0.6) is 0 Å². The van der Waals surface area contributed by atoms with Gasteiger partial charge in [0.2, 0.25) is 0 Å². The van der Waals surface area contributed by atoms with Gasteiger partial charge in [-0.25, -0.2) is 9.07 Å². The zero-order valence-corrected chi connectivity index (χ0v) is 16.0. The second-order valence-corrected chi connectivity index (χ2v) is 7.48. The average Bonchev–Trinajstić information content (AvgIpc) is 3.15. The van der Waals surface area contributed by atoms with Gasteiger partial charge in [-0.2, -0.15) is 5.10 Å². The van der Waals surface area contributed by atoms with E-state index in [4.69, 9.17) is 0 Å². The van der Waals surface area contributed by atoms with E-state index in [2.05, 4.69) is 10.4 Å². The molecule has 0 saturated heterocycles. The number of carbonyl (C=O) groups is 1. The molecule has 28 heavy (non-hydrogen) atoms. The molecule has 1 aromatic heterocycles. The van der Waals surface area contributed by atoms with Gasteiger partial charge in [-0.1, -0.05) is 31.4 Å². The van der Waals surface area contributed by atoms with Crippen molar-refractivity contribution in [3.8, 4) is 16.9 Å². The van der Waals surface area contributed by atoms with Gasteiger partial charge in [-0.05, 0) is 67.8 Å². The molecule has 0 unspecified atom stereocenters. The molecule has 1 aliphatic rings. The zero-order chi connectivity index (χ0) is 19.5. The van der Waals surface area contributed by atoms with Crippen molar-refractivity contribution in [1.29, 1.82) is 0 Å². The summed E-state index contributed by atoms with van der Waals surface area (Å²) in [7, 11) is 0. The summed E-state index contributed by atoms with van der Waals surface area (Å²) in [6.07, 6.45) is 5.60. The third kappa shape index (κ3) is 3.98. The van der Waals surface area contributed by atoms with Crippen molar-refractivity contribution < 1.29 is 9.18 Å². The maximum Gasteiger partial charge on any atom is 0.270 e. The van der Waals surface area contributed by atoms with E-state index in [-0.39, 0.29) is 17.8 Å². The van der Waals surface area contributed by atoms with Crippen molar-refractivity contribution in [1.82, 2.24) is 15.1 Å². The van der Waals surface area contributed by atoms with Crippen LogP contribution in [0.3, 0.4) is 0 Å². The number of halogens is 1. The third-order valence-electron chi connectivity index (χ3n) is 5.27. The lowest BCUT2D eigenvalue weighted by Crippen LogP contribution is -2.37. The topological polar surface area (TPSA) is 46.9 Å². The molecule has 1 heterocycles. The van der Waals surface area contributed by atoms with E-state index in [1.807, 2.05) is 31.2 Å². The lowest BCUT2D eigenvalue weighted by Gasteiger charge is -2.22. The predicted molar refractivity (Wildman–Crippen MR) is 108 cm³/mol. The largest absolute Gasteiger partial charge is 0.348 e. The number of aryl methyl sites for hydroxylation is 1. The van der Waals surface area contributed by atoms with Crippen molar-refractivity contribution in [2.45, 2.75) is 45.1 Å². The summed E-state index contributed by atoms with van der Waals surface area (Å²) in [5.41, 5.74) is 3.85. The molecular weight excluding hydrogens is 353 g/mol. The van der Waals surface area contributed by atoms with E-state index in [1.54, 1.807) is 22.9 Å². The van der Waals surface area contributed by atoms with E-state index >= 15 is 0 Å². The number of benzene rings is 2. The molecule has 5 heteroatoms. The molecule has 0 spiro atoms. The first-order valence-electron chi connectivity index (χ1n) is 9.84. The Hall–Kier alpha value is -2.95. The number of amides is 1. The molecule has 3 aromatic rings. The predicted octanol–water partition coefficient (Wildman–Crippen LogP) is 5.05. The van der Waals surface area contributed by atoms with Crippen molar-refractivity contribution in [3.05, 3.63) is 71.7 Å². The highest BCUT2D eigenvalue weighted by Gasteiger charge is 2.21. The number of carbonyl (C=O) groups excluding carboxylic acids is 1. The molecular formula is C23H24FN3O. The summed E-state index contributed by atoms with van der Waals surface area (Å²) in [5, 5.41) is 7.84. The number of hydrogen-bond donors (Lipinski definition) is 1. The minimum absolute atomic E-state index is 0.116. The fourth-order valence-corrected chi connectivity index (χ4v) is 3.77. The van der Waals surface area contributed by atoms with Crippen LogP contribution in [0.1, 0.15) is 48.2 Å². The molecule has 2 aromatic carbocycles. The maximum atomic E-state index is 13.3. The molecule has 0 atom stereocenters. The number of nitrogens with zero attached hydrogens (tertiary/aromatic N) is 2. The van der Waals surface area contributed by atoms with Gasteiger partial charge in [0.05, 0.1) is 11.4 Å². The van der Waals surface area contributed by atoms with Crippen molar-refractivity contribution in [3.63, 3.8) is 0 Å². The average molecular weight is 377 g/mol. The third-order valence-corrected chi connectivity index (χ3v) is 5.27. The maximum absolute atomic E-state index is 13.3. The molecule has 0 aliphatic heterocycles. The number of rotatable bonds is 4.